The summed E-state index contributed by atoms with van der Waals surface area (Å²) < 4.78 is 10.0. The summed E-state index contributed by atoms with van der Waals surface area (Å²) in [5, 5.41) is 8.14. The molecule has 186 valence electrons. The smallest absolute Gasteiger partial charge is 0.411 e. The van der Waals surface area contributed by atoms with Crippen molar-refractivity contribution in [1.82, 2.24) is 15.6 Å². The van der Waals surface area contributed by atoms with Crippen LogP contribution >= 0.6 is 0 Å². The van der Waals surface area contributed by atoms with Crippen molar-refractivity contribution in [2.75, 3.05) is 19.0 Å². The number of pyridine rings is 1. The Labute approximate surface area is 205 Å². The third kappa shape index (κ3) is 8.29. The van der Waals surface area contributed by atoms with Crippen LogP contribution in [0, 0.1) is 0 Å². The van der Waals surface area contributed by atoms with E-state index in [2.05, 4.69) is 38.8 Å². The second-order valence-corrected chi connectivity index (χ2v) is 8.57. The molecular weight excluding hydrogens is 448 g/mol. The minimum absolute atomic E-state index is 0.274. The Kier molecular flexibility index (Phi) is 9.57. The van der Waals surface area contributed by atoms with Gasteiger partial charge in [0.25, 0.3) is 5.91 Å². The van der Waals surface area contributed by atoms with Crippen LogP contribution in [0.15, 0.2) is 61.8 Å². The number of anilines is 1. The lowest BCUT2D eigenvalue weighted by Gasteiger charge is -2.23. The van der Waals surface area contributed by atoms with Crippen LogP contribution in [0.25, 0.3) is 11.1 Å². The average Bonchev–Trinajstić information content (AvgIpc) is 2.81. The lowest BCUT2D eigenvalue weighted by Crippen LogP contribution is -2.35. The van der Waals surface area contributed by atoms with E-state index >= 15 is 0 Å². The second kappa shape index (κ2) is 12.4. The standard InChI is InChI=1S/C26H32N4O5/c1-7-9-21(30-25(33)35-26(3,4)5)22-15-17(12-14-27-22)19-11-10-18(29-24(32)34-6)16-20(19)23(31)28-13-8-2/h7-8,10-12,14-16,21H,1-2,9,13H2,3-6H3,(H,28,31)(H,29,32)(H,30,33)/t21-/m0/s1. The van der Waals surface area contributed by atoms with Gasteiger partial charge in [-0.3, -0.25) is 15.1 Å². The van der Waals surface area contributed by atoms with Gasteiger partial charge in [0, 0.05) is 24.0 Å². The third-order valence-electron chi connectivity index (χ3n) is 4.65. The molecule has 0 aliphatic carbocycles. The van der Waals surface area contributed by atoms with Gasteiger partial charge < -0.3 is 20.1 Å². The molecule has 2 aromatic rings. The summed E-state index contributed by atoms with van der Waals surface area (Å²) in [6.07, 6.45) is 4.05. The fourth-order valence-electron chi connectivity index (χ4n) is 3.17. The van der Waals surface area contributed by atoms with Crippen LogP contribution in [0.5, 0.6) is 0 Å². The predicted molar refractivity (Wildman–Crippen MR) is 135 cm³/mol. The molecule has 0 aliphatic rings. The van der Waals surface area contributed by atoms with Gasteiger partial charge in [0.15, 0.2) is 0 Å². The van der Waals surface area contributed by atoms with E-state index in [9.17, 15) is 14.4 Å². The van der Waals surface area contributed by atoms with Gasteiger partial charge in [-0.25, -0.2) is 9.59 Å². The van der Waals surface area contributed by atoms with Gasteiger partial charge in [-0.15, -0.1) is 13.2 Å². The molecule has 9 heteroatoms. The Balaban J connectivity index is 2.46. The number of amides is 3. The summed E-state index contributed by atoms with van der Waals surface area (Å²) in [5.41, 5.74) is 1.96. The summed E-state index contributed by atoms with van der Waals surface area (Å²) in [4.78, 5) is 41.3. The summed E-state index contributed by atoms with van der Waals surface area (Å²) in [6, 6.07) is 8.01. The largest absolute Gasteiger partial charge is 0.453 e. The van der Waals surface area contributed by atoms with Crippen molar-refractivity contribution in [3.63, 3.8) is 0 Å². The second-order valence-electron chi connectivity index (χ2n) is 8.57. The molecule has 0 unspecified atom stereocenters. The van der Waals surface area contributed by atoms with E-state index in [1.807, 2.05) is 0 Å². The summed E-state index contributed by atoms with van der Waals surface area (Å²) in [7, 11) is 1.25. The molecule has 0 radical (unpaired) electrons. The van der Waals surface area contributed by atoms with Crippen molar-refractivity contribution in [3.05, 3.63) is 73.1 Å². The number of rotatable bonds is 9. The molecule has 0 aliphatic heterocycles. The highest BCUT2D eigenvalue weighted by molar-refractivity contribution is 6.02. The zero-order valence-electron chi connectivity index (χ0n) is 20.5. The van der Waals surface area contributed by atoms with Gasteiger partial charge in [-0.2, -0.15) is 0 Å². The number of nitrogens with one attached hydrogen (secondary N) is 3. The monoisotopic (exact) mass is 480 g/mol. The van der Waals surface area contributed by atoms with Crippen molar-refractivity contribution in [3.8, 4) is 11.1 Å². The fraction of sp³-hybridized carbons (Fsp3) is 0.308. The maximum Gasteiger partial charge on any atom is 0.411 e. The van der Waals surface area contributed by atoms with Gasteiger partial charge in [0.05, 0.1) is 18.8 Å². The number of carbonyl (C=O) groups is 3. The molecule has 0 saturated carbocycles. The number of hydrogen-bond acceptors (Lipinski definition) is 6. The third-order valence-corrected chi connectivity index (χ3v) is 4.65. The molecule has 1 heterocycles. The van der Waals surface area contributed by atoms with Crippen LogP contribution in [0.2, 0.25) is 0 Å². The van der Waals surface area contributed by atoms with E-state index in [0.29, 0.717) is 34.5 Å². The SMILES string of the molecule is C=CCNC(=O)c1cc(NC(=O)OC)ccc1-c1ccnc([C@H](CC=C)NC(=O)OC(C)(C)C)c1. The van der Waals surface area contributed by atoms with Crippen LogP contribution in [-0.2, 0) is 9.47 Å². The van der Waals surface area contributed by atoms with E-state index in [0.717, 1.165) is 0 Å². The summed E-state index contributed by atoms with van der Waals surface area (Å²) >= 11 is 0. The van der Waals surface area contributed by atoms with Gasteiger partial charge in [-0.05, 0) is 62.6 Å². The molecule has 3 N–H and O–H groups in total. The summed E-state index contributed by atoms with van der Waals surface area (Å²) in [6.45, 7) is 13.0. The van der Waals surface area contributed by atoms with Crippen LogP contribution < -0.4 is 16.0 Å². The van der Waals surface area contributed by atoms with Crippen molar-refractivity contribution in [1.29, 1.82) is 0 Å². The highest BCUT2D eigenvalue weighted by atomic mass is 16.6. The zero-order chi connectivity index (χ0) is 26.0. The first-order chi connectivity index (χ1) is 16.6. The Hall–Kier alpha value is -4.14. The number of nitrogens with zero attached hydrogens (tertiary/aromatic N) is 1. The molecule has 0 saturated heterocycles. The number of aromatic nitrogens is 1. The van der Waals surface area contributed by atoms with Crippen LogP contribution in [0.4, 0.5) is 15.3 Å². The molecule has 0 bridgehead atoms. The Morgan fingerprint density at radius 2 is 1.83 bits per heavy atom. The van der Waals surface area contributed by atoms with Gasteiger partial charge in [-0.1, -0.05) is 18.2 Å². The highest BCUT2D eigenvalue weighted by Crippen LogP contribution is 2.29. The Bertz CT molecular complexity index is 1090. The maximum atomic E-state index is 12.9. The lowest BCUT2D eigenvalue weighted by molar-refractivity contribution is 0.0502. The quantitative estimate of drug-likeness (QED) is 0.435. The number of methoxy groups -OCH3 is 1. The number of carbonyl (C=O) groups excluding carboxylic acids is 3. The highest BCUT2D eigenvalue weighted by Gasteiger charge is 2.22. The van der Waals surface area contributed by atoms with Crippen LogP contribution in [-0.4, -0.2) is 42.3 Å². The zero-order valence-corrected chi connectivity index (χ0v) is 20.5. The molecule has 35 heavy (non-hydrogen) atoms. The number of benzene rings is 1. The van der Waals surface area contributed by atoms with Crippen molar-refractivity contribution in [2.24, 2.45) is 0 Å². The number of ether oxygens (including phenoxy) is 2. The van der Waals surface area contributed by atoms with Crippen LogP contribution in [0.3, 0.4) is 0 Å². The molecule has 1 aromatic carbocycles. The summed E-state index contributed by atoms with van der Waals surface area (Å²) in [5.74, 6) is -0.346. The molecule has 9 nitrogen and oxygen atoms in total. The first kappa shape index (κ1) is 27.1. The van der Waals surface area contributed by atoms with Gasteiger partial charge in [0.2, 0.25) is 0 Å². The van der Waals surface area contributed by atoms with E-state index in [1.165, 1.54) is 7.11 Å². The molecule has 3 amide bonds. The number of hydrogen-bond donors (Lipinski definition) is 3. The predicted octanol–water partition coefficient (Wildman–Crippen LogP) is 4.98. The Morgan fingerprint density at radius 1 is 1.09 bits per heavy atom. The fourth-order valence-corrected chi connectivity index (χ4v) is 3.17. The molecule has 1 atom stereocenters. The van der Waals surface area contributed by atoms with E-state index in [1.54, 1.807) is 69.5 Å². The number of alkyl carbamates (subject to hydrolysis) is 1. The van der Waals surface area contributed by atoms with Crippen molar-refractivity contribution >= 4 is 23.8 Å². The van der Waals surface area contributed by atoms with E-state index in [-0.39, 0.29) is 12.5 Å². The first-order valence-electron chi connectivity index (χ1n) is 11.0. The lowest BCUT2D eigenvalue weighted by atomic mass is 9.97. The maximum absolute atomic E-state index is 12.9. The van der Waals surface area contributed by atoms with Crippen molar-refractivity contribution in [2.45, 2.75) is 38.8 Å². The molecule has 0 spiro atoms. The molecule has 1 aromatic heterocycles. The molecular formula is C26H32N4O5. The topological polar surface area (TPSA) is 119 Å². The first-order valence-corrected chi connectivity index (χ1v) is 11.0. The van der Waals surface area contributed by atoms with Crippen LogP contribution in [0.1, 0.15) is 49.3 Å². The minimum Gasteiger partial charge on any atom is -0.453 e. The van der Waals surface area contributed by atoms with E-state index in [4.69, 9.17) is 4.74 Å². The van der Waals surface area contributed by atoms with Crippen molar-refractivity contribution < 1.29 is 23.9 Å². The van der Waals surface area contributed by atoms with Gasteiger partial charge in [0.1, 0.15) is 5.60 Å². The van der Waals surface area contributed by atoms with Gasteiger partial charge >= 0.3 is 12.2 Å². The molecule has 0 fully saturated rings. The van der Waals surface area contributed by atoms with E-state index < -0.39 is 23.8 Å². The Morgan fingerprint density at radius 3 is 2.46 bits per heavy atom. The minimum atomic E-state index is -0.651. The average molecular weight is 481 g/mol. The molecule has 2 rings (SSSR count). The normalized spacial score (nSPS) is 11.5.